The molecule has 0 aliphatic carbocycles. The summed E-state index contributed by atoms with van der Waals surface area (Å²) in [6.07, 6.45) is 6.05. The fourth-order valence-corrected chi connectivity index (χ4v) is 2.69. The van der Waals surface area contributed by atoms with E-state index in [2.05, 4.69) is 20.4 Å². The highest BCUT2D eigenvalue weighted by Gasteiger charge is 2.27. The van der Waals surface area contributed by atoms with E-state index in [1.807, 2.05) is 24.0 Å². The first-order valence-corrected chi connectivity index (χ1v) is 8.04. The van der Waals surface area contributed by atoms with Crippen LogP contribution in [0.4, 0.5) is 4.79 Å². The van der Waals surface area contributed by atoms with Gasteiger partial charge in [0.1, 0.15) is 0 Å². The van der Waals surface area contributed by atoms with Crippen LogP contribution in [0.25, 0.3) is 11.4 Å². The lowest BCUT2D eigenvalue weighted by atomic mass is 9.97. The Bertz CT molecular complexity index is 635. The van der Waals surface area contributed by atoms with E-state index < -0.39 is 0 Å². The smallest absolute Gasteiger partial charge is 0.317 e. The van der Waals surface area contributed by atoms with Crippen molar-refractivity contribution in [2.75, 3.05) is 19.6 Å². The van der Waals surface area contributed by atoms with Crippen LogP contribution in [-0.4, -0.2) is 45.7 Å². The third kappa shape index (κ3) is 3.67. The molecule has 2 aromatic heterocycles. The first-order chi connectivity index (χ1) is 11.3. The number of aromatic nitrogens is 3. The van der Waals surface area contributed by atoms with Gasteiger partial charge < -0.3 is 14.7 Å². The number of rotatable bonds is 4. The molecule has 122 valence electrons. The normalized spacial score (nSPS) is 15.6. The Kier molecular flexibility index (Phi) is 4.85. The van der Waals surface area contributed by atoms with Crippen molar-refractivity contribution < 1.29 is 9.32 Å². The molecule has 0 bridgehead atoms. The van der Waals surface area contributed by atoms with Crippen LogP contribution in [0, 0.1) is 0 Å². The molecule has 2 amide bonds. The average molecular weight is 315 g/mol. The number of pyridine rings is 1. The Balaban J connectivity index is 1.58. The number of urea groups is 1. The average Bonchev–Trinajstić information content (AvgIpc) is 3.11. The van der Waals surface area contributed by atoms with Gasteiger partial charge in [0.05, 0.1) is 0 Å². The topological polar surface area (TPSA) is 84.2 Å². The molecule has 7 nitrogen and oxygen atoms in total. The van der Waals surface area contributed by atoms with E-state index >= 15 is 0 Å². The summed E-state index contributed by atoms with van der Waals surface area (Å²) in [6.45, 7) is 4.19. The van der Waals surface area contributed by atoms with E-state index in [1.165, 1.54) is 0 Å². The van der Waals surface area contributed by atoms with Gasteiger partial charge in [-0.25, -0.2) is 4.79 Å². The third-order valence-corrected chi connectivity index (χ3v) is 4.04. The quantitative estimate of drug-likeness (QED) is 0.936. The summed E-state index contributed by atoms with van der Waals surface area (Å²) in [7, 11) is 0. The second-order valence-electron chi connectivity index (χ2n) is 5.69. The predicted octanol–water partition coefficient (Wildman–Crippen LogP) is 2.43. The molecule has 0 unspecified atom stereocenters. The fraction of sp³-hybridized carbons (Fsp3) is 0.500. The van der Waals surface area contributed by atoms with Gasteiger partial charge in [-0.2, -0.15) is 4.98 Å². The maximum Gasteiger partial charge on any atom is 0.317 e. The van der Waals surface area contributed by atoms with Crippen LogP contribution >= 0.6 is 0 Å². The lowest BCUT2D eigenvalue weighted by Crippen LogP contribution is -2.44. The van der Waals surface area contributed by atoms with Crippen molar-refractivity contribution in [2.45, 2.75) is 32.1 Å². The molecule has 0 radical (unpaired) electrons. The molecule has 1 aliphatic heterocycles. The Hall–Kier alpha value is -2.44. The number of hydrogen-bond acceptors (Lipinski definition) is 5. The highest BCUT2D eigenvalue weighted by Crippen LogP contribution is 2.28. The summed E-state index contributed by atoms with van der Waals surface area (Å²) in [5, 5.41) is 6.96. The predicted molar refractivity (Wildman–Crippen MR) is 84.8 cm³/mol. The maximum atomic E-state index is 11.9. The van der Waals surface area contributed by atoms with Gasteiger partial charge in [-0.05, 0) is 31.4 Å². The molecule has 0 saturated carbocycles. The van der Waals surface area contributed by atoms with Crippen molar-refractivity contribution >= 4 is 6.03 Å². The van der Waals surface area contributed by atoms with E-state index in [0.29, 0.717) is 24.8 Å². The Morgan fingerprint density at radius 1 is 1.35 bits per heavy atom. The minimum Gasteiger partial charge on any atom is -0.339 e. The number of carbonyl (C=O) groups is 1. The van der Waals surface area contributed by atoms with Crippen LogP contribution in [-0.2, 0) is 0 Å². The first kappa shape index (κ1) is 15.5. The monoisotopic (exact) mass is 315 g/mol. The van der Waals surface area contributed by atoms with Crippen LogP contribution in [0.5, 0.6) is 0 Å². The molecular weight excluding hydrogens is 294 g/mol. The van der Waals surface area contributed by atoms with E-state index in [4.69, 9.17) is 4.52 Å². The standard InChI is InChI=1S/C16H21N5O2/c1-2-7-18-16(22)21-10-5-13(6-11-21)15-19-14(20-23-15)12-3-8-17-9-4-12/h3-4,8-9,13H,2,5-7,10-11H2,1H3,(H,18,22). The lowest BCUT2D eigenvalue weighted by molar-refractivity contribution is 0.175. The third-order valence-electron chi connectivity index (χ3n) is 4.04. The van der Waals surface area contributed by atoms with Crippen LogP contribution in [0.2, 0.25) is 0 Å². The van der Waals surface area contributed by atoms with Gasteiger partial charge in [0.15, 0.2) is 0 Å². The zero-order valence-electron chi connectivity index (χ0n) is 13.2. The lowest BCUT2D eigenvalue weighted by Gasteiger charge is -2.30. The Labute approximate surface area is 135 Å². The summed E-state index contributed by atoms with van der Waals surface area (Å²) in [5.41, 5.74) is 0.895. The maximum absolute atomic E-state index is 11.9. The molecule has 0 aromatic carbocycles. The molecule has 0 atom stereocenters. The zero-order valence-corrected chi connectivity index (χ0v) is 13.2. The van der Waals surface area contributed by atoms with Gasteiger partial charge in [0, 0.05) is 43.5 Å². The summed E-state index contributed by atoms with van der Waals surface area (Å²) in [6, 6.07) is 3.73. The van der Waals surface area contributed by atoms with E-state index in [0.717, 1.165) is 31.4 Å². The number of nitrogens with zero attached hydrogens (tertiary/aromatic N) is 4. The number of hydrogen-bond donors (Lipinski definition) is 1. The van der Waals surface area contributed by atoms with E-state index in [9.17, 15) is 4.79 Å². The van der Waals surface area contributed by atoms with Gasteiger partial charge in [0.25, 0.3) is 0 Å². The number of nitrogens with one attached hydrogen (secondary N) is 1. The first-order valence-electron chi connectivity index (χ1n) is 8.04. The Morgan fingerprint density at radius 2 is 2.09 bits per heavy atom. The summed E-state index contributed by atoms with van der Waals surface area (Å²) in [4.78, 5) is 22.3. The van der Waals surface area contributed by atoms with Crippen LogP contribution in [0.15, 0.2) is 29.0 Å². The Morgan fingerprint density at radius 3 is 2.78 bits per heavy atom. The molecule has 7 heteroatoms. The molecule has 1 aliphatic rings. The number of piperidine rings is 1. The van der Waals surface area contributed by atoms with Crippen molar-refractivity contribution in [3.63, 3.8) is 0 Å². The van der Waals surface area contributed by atoms with Crippen molar-refractivity contribution in [2.24, 2.45) is 0 Å². The number of amides is 2. The molecule has 23 heavy (non-hydrogen) atoms. The van der Waals surface area contributed by atoms with Gasteiger partial charge in [0.2, 0.25) is 11.7 Å². The van der Waals surface area contributed by atoms with Crippen molar-refractivity contribution in [1.82, 2.24) is 25.3 Å². The van der Waals surface area contributed by atoms with Gasteiger partial charge >= 0.3 is 6.03 Å². The highest BCUT2D eigenvalue weighted by molar-refractivity contribution is 5.74. The zero-order chi connectivity index (χ0) is 16.1. The molecule has 1 fully saturated rings. The summed E-state index contributed by atoms with van der Waals surface area (Å²) < 4.78 is 5.42. The molecular formula is C16H21N5O2. The van der Waals surface area contributed by atoms with Crippen LogP contribution in [0.3, 0.4) is 0 Å². The van der Waals surface area contributed by atoms with E-state index in [1.54, 1.807) is 12.4 Å². The van der Waals surface area contributed by atoms with Crippen LogP contribution in [0.1, 0.15) is 38.0 Å². The molecule has 1 saturated heterocycles. The SMILES string of the molecule is CCCNC(=O)N1CCC(c2nc(-c3ccncc3)no2)CC1. The summed E-state index contributed by atoms with van der Waals surface area (Å²) >= 11 is 0. The minimum absolute atomic E-state index is 0.0216. The van der Waals surface area contributed by atoms with Crippen molar-refractivity contribution in [1.29, 1.82) is 0 Å². The van der Waals surface area contributed by atoms with Gasteiger partial charge in [-0.1, -0.05) is 12.1 Å². The molecule has 2 aromatic rings. The fourth-order valence-electron chi connectivity index (χ4n) is 2.69. The second-order valence-corrected chi connectivity index (χ2v) is 5.69. The number of likely N-dealkylation sites (tertiary alicyclic amines) is 1. The molecule has 3 rings (SSSR count). The molecule has 3 heterocycles. The van der Waals surface area contributed by atoms with Gasteiger partial charge in [-0.3, -0.25) is 4.98 Å². The molecule has 1 N–H and O–H groups in total. The minimum atomic E-state index is 0.0216. The molecule has 0 spiro atoms. The van der Waals surface area contributed by atoms with Crippen molar-refractivity contribution in [3.8, 4) is 11.4 Å². The van der Waals surface area contributed by atoms with E-state index in [-0.39, 0.29) is 11.9 Å². The second kappa shape index (κ2) is 7.21. The van der Waals surface area contributed by atoms with Crippen molar-refractivity contribution in [3.05, 3.63) is 30.4 Å². The highest BCUT2D eigenvalue weighted by atomic mass is 16.5. The van der Waals surface area contributed by atoms with Crippen LogP contribution < -0.4 is 5.32 Å². The number of carbonyl (C=O) groups excluding carboxylic acids is 1. The largest absolute Gasteiger partial charge is 0.339 e. The van der Waals surface area contributed by atoms with Gasteiger partial charge in [-0.15, -0.1) is 0 Å². The summed E-state index contributed by atoms with van der Waals surface area (Å²) in [5.74, 6) is 1.46.